The molecule has 7 heteroatoms. The van der Waals surface area contributed by atoms with Crippen molar-refractivity contribution in [2.24, 2.45) is 0 Å². The fraction of sp³-hybridized carbons (Fsp3) is 0.222. The lowest BCUT2D eigenvalue weighted by molar-refractivity contribution is -0.192. The van der Waals surface area contributed by atoms with E-state index in [9.17, 15) is 13.2 Å². The van der Waals surface area contributed by atoms with Crippen LogP contribution >= 0.6 is 0 Å². The molecule has 0 bridgehead atoms. The normalized spacial score (nSPS) is 9.25. The van der Waals surface area contributed by atoms with Crippen molar-refractivity contribution in [3.63, 3.8) is 0 Å². The van der Waals surface area contributed by atoms with Crippen LogP contribution in [0.25, 0.3) is 0 Å². The third kappa shape index (κ3) is 7.63. The van der Waals surface area contributed by atoms with Crippen molar-refractivity contribution >= 4 is 5.97 Å². The fourth-order valence-corrected chi connectivity index (χ4v) is 0.557. The molecule has 0 radical (unpaired) electrons. The minimum Gasteiger partial charge on any atom is -0.497 e. The summed E-state index contributed by atoms with van der Waals surface area (Å²) in [6.07, 6.45) is -5.08. The zero-order valence-corrected chi connectivity index (χ0v) is 8.28. The number of ether oxygens (including phenoxy) is 1. The molecule has 4 nitrogen and oxygen atoms in total. The number of para-hydroxylation sites is 1. The maximum atomic E-state index is 10.6. The number of aliphatic carboxylic acids is 1. The Bertz CT molecular complexity index is 297. The van der Waals surface area contributed by atoms with Gasteiger partial charge in [-0.25, -0.2) is 4.79 Å². The Morgan fingerprint density at radius 2 is 1.62 bits per heavy atom. The number of alkyl halides is 3. The van der Waals surface area contributed by atoms with Crippen LogP contribution in [0.5, 0.6) is 5.75 Å². The molecule has 0 unspecified atom stereocenters. The molecule has 0 atom stereocenters. The lowest BCUT2D eigenvalue weighted by Gasteiger charge is -1.93. The van der Waals surface area contributed by atoms with Crippen LogP contribution in [0.4, 0.5) is 13.2 Å². The van der Waals surface area contributed by atoms with Crippen molar-refractivity contribution in [3.05, 3.63) is 30.3 Å². The summed E-state index contributed by atoms with van der Waals surface area (Å²) in [5.74, 6) is -1.85. The minimum atomic E-state index is -5.08. The van der Waals surface area contributed by atoms with Gasteiger partial charge in [-0.3, -0.25) is 0 Å². The second kappa shape index (κ2) is 7.52. The molecule has 0 aliphatic rings. The second-order valence-electron chi connectivity index (χ2n) is 2.32. The molecule has 1 aromatic carbocycles. The van der Waals surface area contributed by atoms with Crippen LogP contribution in [0.3, 0.4) is 0 Å². The van der Waals surface area contributed by atoms with E-state index in [0.717, 1.165) is 5.75 Å². The smallest absolute Gasteiger partial charge is 0.490 e. The monoisotopic (exact) mass is 240 g/mol. The maximum absolute atomic E-state index is 10.6. The molecule has 3 N–H and O–H groups in total. The number of carbonyl (C=O) groups is 1. The molecule has 0 aliphatic heterocycles. The number of carboxylic acids is 1. The standard InChI is InChI=1S/C7H8O.C2HF3O2.H2O/c1-8-7-5-3-2-4-6-7;3-2(4,5)1(6)7;/h2-6H,1H3;(H,6,7);1H2. The molecule has 0 spiro atoms. The minimum absolute atomic E-state index is 0. The molecule has 0 aromatic heterocycles. The van der Waals surface area contributed by atoms with Gasteiger partial charge in [-0.05, 0) is 12.1 Å². The number of hydrogen-bond donors (Lipinski definition) is 1. The van der Waals surface area contributed by atoms with E-state index in [1.807, 2.05) is 30.3 Å². The summed E-state index contributed by atoms with van der Waals surface area (Å²) in [5, 5.41) is 7.12. The van der Waals surface area contributed by atoms with Crippen LogP contribution in [0.15, 0.2) is 30.3 Å². The Balaban J connectivity index is 0. The first-order valence-electron chi connectivity index (χ1n) is 3.77. The predicted molar refractivity (Wildman–Crippen MR) is 50.3 cm³/mol. The van der Waals surface area contributed by atoms with Crippen molar-refractivity contribution in [1.29, 1.82) is 0 Å². The molecule has 92 valence electrons. The zero-order chi connectivity index (χ0) is 11.9. The number of halogens is 3. The van der Waals surface area contributed by atoms with Gasteiger partial charge >= 0.3 is 12.1 Å². The van der Waals surface area contributed by atoms with Gasteiger partial charge in [0, 0.05) is 0 Å². The first kappa shape index (κ1) is 16.7. The highest BCUT2D eigenvalue weighted by atomic mass is 19.4. The SMILES string of the molecule is COc1ccccc1.O.O=C(O)C(F)(F)F. The highest BCUT2D eigenvalue weighted by molar-refractivity contribution is 5.73. The van der Waals surface area contributed by atoms with Crippen molar-refractivity contribution in [2.45, 2.75) is 6.18 Å². The average Bonchev–Trinajstić information content (AvgIpc) is 2.18. The molecule has 0 amide bonds. The first-order valence-corrected chi connectivity index (χ1v) is 3.77. The number of methoxy groups -OCH3 is 1. The van der Waals surface area contributed by atoms with Crippen LogP contribution in [-0.4, -0.2) is 29.8 Å². The van der Waals surface area contributed by atoms with Crippen molar-refractivity contribution in [3.8, 4) is 5.75 Å². The largest absolute Gasteiger partial charge is 0.497 e. The van der Waals surface area contributed by atoms with E-state index in [1.54, 1.807) is 7.11 Å². The van der Waals surface area contributed by atoms with Crippen LogP contribution < -0.4 is 4.74 Å². The Morgan fingerprint density at radius 3 is 1.81 bits per heavy atom. The highest BCUT2D eigenvalue weighted by Crippen LogP contribution is 2.13. The molecule has 1 rings (SSSR count). The van der Waals surface area contributed by atoms with Crippen molar-refractivity contribution < 1.29 is 33.3 Å². The van der Waals surface area contributed by atoms with E-state index >= 15 is 0 Å². The maximum Gasteiger partial charge on any atom is 0.490 e. The van der Waals surface area contributed by atoms with Crippen LogP contribution in [0.1, 0.15) is 0 Å². The summed E-state index contributed by atoms with van der Waals surface area (Å²) < 4.78 is 36.7. The van der Waals surface area contributed by atoms with Gasteiger partial charge in [-0.2, -0.15) is 13.2 Å². The molecule has 0 heterocycles. The predicted octanol–water partition coefficient (Wildman–Crippen LogP) is 1.50. The molecule has 1 aromatic rings. The number of benzene rings is 1. The zero-order valence-electron chi connectivity index (χ0n) is 8.28. The second-order valence-corrected chi connectivity index (χ2v) is 2.32. The molecular formula is C9H11F3O4. The van der Waals surface area contributed by atoms with Gasteiger partial charge in [0.2, 0.25) is 0 Å². The highest BCUT2D eigenvalue weighted by Gasteiger charge is 2.38. The molecule has 16 heavy (non-hydrogen) atoms. The fourth-order valence-electron chi connectivity index (χ4n) is 0.557. The van der Waals surface area contributed by atoms with Gasteiger partial charge in [0.15, 0.2) is 0 Å². The van der Waals surface area contributed by atoms with Crippen LogP contribution in [-0.2, 0) is 4.79 Å². The van der Waals surface area contributed by atoms with Crippen molar-refractivity contribution in [1.82, 2.24) is 0 Å². The van der Waals surface area contributed by atoms with E-state index in [1.165, 1.54) is 0 Å². The van der Waals surface area contributed by atoms with Gasteiger partial charge in [0.25, 0.3) is 0 Å². The average molecular weight is 240 g/mol. The Kier molecular flexibility index (Phi) is 7.83. The summed E-state index contributed by atoms with van der Waals surface area (Å²) >= 11 is 0. The van der Waals surface area contributed by atoms with Gasteiger partial charge in [0.1, 0.15) is 5.75 Å². The number of hydrogen-bond acceptors (Lipinski definition) is 2. The summed E-state index contributed by atoms with van der Waals surface area (Å²) in [5.41, 5.74) is 0. The number of carboxylic acid groups (broad SMARTS) is 1. The van der Waals surface area contributed by atoms with Gasteiger partial charge in [-0.1, -0.05) is 18.2 Å². The molecule has 0 saturated carbocycles. The Hall–Kier alpha value is -1.76. The quantitative estimate of drug-likeness (QED) is 0.807. The third-order valence-electron chi connectivity index (χ3n) is 1.22. The lowest BCUT2D eigenvalue weighted by Crippen LogP contribution is -2.21. The number of rotatable bonds is 1. The van der Waals surface area contributed by atoms with E-state index in [0.29, 0.717) is 0 Å². The summed E-state index contributed by atoms with van der Waals surface area (Å²) in [6, 6.07) is 9.68. The summed E-state index contributed by atoms with van der Waals surface area (Å²) in [4.78, 5) is 8.90. The molecular weight excluding hydrogens is 229 g/mol. The van der Waals surface area contributed by atoms with Gasteiger partial charge in [-0.15, -0.1) is 0 Å². The molecule has 0 aliphatic carbocycles. The van der Waals surface area contributed by atoms with E-state index in [-0.39, 0.29) is 5.48 Å². The van der Waals surface area contributed by atoms with Crippen molar-refractivity contribution in [2.75, 3.05) is 7.11 Å². The van der Waals surface area contributed by atoms with Gasteiger partial charge < -0.3 is 15.3 Å². The van der Waals surface area contributed by atoms with Gasteiger partial charge in [0.05, 0.1) is 7.11 Å². The molecule has 0 saturated heterocycles. The summed E-state index contributed by atoms with van der Waals surface area (Å²) in [7, 11) is 1.66. The lowest BCUT2D eigenvalue weighted by atomic mass is 10.3. The van der Waals surface area contributed by atoms with E-state index in [2.05, 4.69) is 0 Å². The topological polar surface area (TPSA) is 78.0 Å². The van der Waals surface area contributed by atoms with E-state index in [4.69, 9.17) is 14.6 Å². The third-order valence-corrected chi connectivity index (χ3v) is 1.22. The van der Waals surface area contributed by atoms with Crippen LogP contribution in [0, 0.1) is 0 Å². The Morgan fingerprint density at radius 1 is 1.25 bits per heavy atom. The van der Waals surface area contributed by atoms with E-state index < -0.39 is 12.1 Å². The Labute approximate surface area is 89.6 Å². The molecule has 0 fully saturated rings. The summed E-state index contributed by atoms with van der Waals surface area (Å²) in [6.45, 7) is 0. The van der Waals surface area contributed by atoms with Crippen LogP contribution in [0.2, 0.25) is 0 Å². The first-order chi connectivity index (χ1) is 6.88.